The molecular weight excluding hydrogens is 318 g/mol. The number of nitrogens with two attached hydrogens (primary N) is 1. The summed E-state index contributed by atoms with van der Waals surface area (Å²) >= 11 is 0. The molecule has 0 spiro atoms. The van der Waals surface area contributed by atoms with Gasteiger partial charge in [-0.15, -0.1) is 0 Å². The molecule has 0 atom stereocenters. The molecule has 2 aromatic rings. The summed E-state index contributed by atoms with van der Waals surface area (Å²) in [6, 6.07) is 11.5. The lowest BCUT2D eigenvalue weighted by molar-refractivity contribution is -0.119. The monoisotopic (exact) mass is 343 g/mol. The summed E-state index contributed by atoms with van der Waals surface area (Å²) in [6.07, 6.45) is 4.06. The fraction of sp³-hybridized carbons (Fsp3) is 0.333. The van der Waals surface area contributed by atoms with Crippen LogP contribution in [0.15, 0.2) is 53.8 Å². The number of primary amides is 1. The highest BCUT2D eigenvalue weighted by atomic mass is 16.5. The van der Waals surface area contributed by atoms with E-state index >= 15 is 0 Å². The van der Waals surface area contributed by atoms with Gasteiger partial charge in [-0.25, -0.2) is 4.99 Å². The van der Waals surface area contributed by atoms with Crippen LogP contribution in [0.3, 0.4) is 0 Å². The zero-order chi connectivity index (χ0) is 17.9. The molecule has 0 unspecified atom stereocenters. The van der Waals surface area contributed by atoms with Crippen molar-refractivity contribution < 1.29 is 9.53 Å². The van der Waals surface area contributed by atoms with Crippen molar-refractivity contribution in [3.05, 3.63) is 54.4 Å². The van der Waals surface area contributed by atoms with Crippen LogP contribution in [0.4, 0.5) is 0 Å². The zero-order valence-corrected chi connectivity index (χ0v) is 14.4. The Balaban J connectivity index is 1.88. The number of carbonyl (C=O) groups is 1. The minimum atomic E-state index is -0.496. The second-order valence-corrected chi connectivity index (χ2v) is 5.45. The molecule has 134 valence electrons. The summed E-state index contributed by atoms with van der Waals surface area (Å²) < 4.78 is 7.42. The van der Waals surface area contributed by atoms with E-state index < -0.39 is 5.91 Å². The molecule has 1 aromatic carbocycles. The van der Waals surface area contributed by atoms with Gasteiger partial charge in [0.15, 0.2) is 12.6 Å². The second-order valence-electron chi connectivity index (χ2n) is 5.45. The highest BCUT2D eigenvalue weighted by Crippen LogP contribution is 2.13. The Morgan fingerprint density at radius 1 is 1.24 bits per heavy atom. The molecule has 0 saturated carbocycles. The third kappa shape index (κ3) is 6.99. The zero-order valence-electron chi connectivity index (χ0n) is 14.4. The first-order valence-electron chi connectivity index (χ1n) is 8.30. The van der Waals surface area contributed by atoms with Crippen LogP contribution in [0.5, 0.6) is 5.75 Å². The maximum absolute atomic E-state index is 10.8. The molecule has 2 rings (SSSR count). The Hall–Kier alpha value is -2.96. The molecule has 7 nitrogen and oxygen atoms in total. The molecule has 25 heavy (non-hydrogen) atoms. The predicted molar refractivity (Wildman–Crippen MR) is 98.4 cm³/mol. The fourth-order valence-electron chi connectivity index (χ4n) is 2.22. The minimum absolute atomic E-state index is 0.129. The van der Waals surface area contributed by atoms with Crippen LogP contribution in [0, 0.1) is 0 Å². The molecule has 0 radical (unpaired) electrons. The summed E-state index contributed by atoms with van der Waals surface area (Å²) in [5, 5.41) is 6.53. The van der Waals surface area contributed by atoms with Crippen LogP contribution in [0.1, 0.15) is 12.5 Å². The Labute approximate surface area is 147 Å². The van der Waals surface area contributed by atoms with E-state index in [0.717, 1.165) is 31.2 Å². The first-order valence-corrected chi connectivity index (χ1v) is 8.30. The van der Waals surface area contributed by atoms with Crippen molar-refractivity contribution in [2.24, 2.45) is 10.7 Å². The lowest BCUT2D eigenvalue weighted by atomic mass is 10.2. The van der Waals surface area contributed by atoms with E-state index in [4.69, 9.17) is 10.5 Å². The van der Waals surface area contributed by atoms with Gasteiger partial charge in [0.05, 0.1) is 6.54 Å². The number of aliphatic imine (C=N–C) groups is 1. The van der Waals surface area contributed by atoms with Gasteiger partial charge in [-0.05, 0) is 36.8 Å². The molecule has 4 N–H and O–H groups in total. The fourth-order valence-corrected chi connectivity index (χ4v) is 2.22. The van der Waals surface area contributed by atoms with Gasteiger partial charge in [0.2, 0.25) is 0 Å². The van der Waals surface area contributed by atoms with Gasteiger partial charge in [-0.3, -0.25) is 4.79 Å². The molecule has 7 heteroatoms. The van der Waals surface area contributed by atoms with Crippen LogP contribution in [-0.2, 0) is 17.9 Å². The van der Waals surface area contributed by atoms with E-state index in [2.05, 4.69) is 20.2 Å². The molecule has 1 amide bonds. The number of ether oxygens (including phenoxy) is 1. The molecule has 0 fully saturated rings. The summed E-state index contributed by atoms with van der Waals surface area (Å²) in [5.74, 6) is 0.875. The number of nitrogens with one attached hydrogen (secondary N) is 2. The van der Waals surface area contributed by atoms with Crippen molar-refractivity contribution in [2.45, 2.75) is 20.0 Å². The average molecular weight is 343 g/mol. The van der Waals surface area contributed by atoms with Crippen molar-refractivity contribution in [1.29, 1.82) is 0 Å². The summed E-state index contributed by atoms with van der Waals surface area (Å²) in [5.41, 5.74) is 6.08. The highest BCUT2D eigenvalue weighted by molar-refractivity contribution is 5.79. The minimum Gasteiger partial charge on any atom is -0.484 e. The Bertz CT molecular complexity index is 683. The maximum atomic E-state index is 10.8. The SMILES string of the molecule is CCNC(=NCc1cccc(OCC(N)=O)c1)NCCn1cccc1. The topological polar surface area (TPSA) is 93.7 Å². The quantitative estimate of drug-likeness (QED) is 0.470. The number of nitrogens with zero attached hydrogens (tertiary/aromatic N) is 2. The molecule has 0 aliphatic carbocycles. The Morgan fingerprint density at radius 2 is 2.04 bits per heavy atom. The summed E-state index contributed by atoms with van der Waals surface area (Å²) in [6.45, 7) is 4.84. The van der Waals surface area contributed by atoms with Gasteiger partial charge < -0.3 is 25.7 Å². The highest BCUT2D eigenvalue weighted by Gasteiger charge is 2.01. The van der Waals surface area contributed by atoms with Crippen LogP contribution < -0.4 is 21.1 Å². The number of amides is 1. The van der Waals surface area contributed by atoms with E-state index in [9.17, 15) is 4.79 Å². The number of aromatic nitrogens is 1. The lowest BCUT2D eigenvalue weighted by Gasteiger charge is -2.12. The second kappa shape index (κ2) is 10.0. The van der Waals surface area contributed by atoms with E-state index in [-0.39, 0.29) is 6.61 Å². The Morgan fingerprint density at radius 3 is 2.76 bits per heavy atom. The smallest absolute Gasteiger partial charge is 0.255 e. The number of rotatable bonds is 9. The maximum Gasteiger partial charge on any atom is 0.255 e. The van der Waals surface area contributed by atoms with Gasteiger partial charge in [-0.1, -0.05) is 12.1 Å². The molecular formula is C18H25N5O2. The average Bonchev–Trinajstić information content (AvgIpc) is 3.12. The van der Waals surface area contributed by atoms with Crippen LogP contribution in [0.2, 0.25) is 0 Å². The number of guanidine groups is 1. The van der Waals surface area contributed by atoms with E-state index in [1.807, 2.05) is 49.6 Å². The standard InChI is InChI=1S/C18H25N5O2/c1-2-20-18(21-8-11-23-9-3-4-10-23)22-13-15-6-5-7-16(12-15)25-14-17(19)24/h3-7,9-10,12H,2,8,11,13-14H2,1H3,(H2,19,24)(H2,20,21,22). The van der Waals surface area contributed by atoms with E-state index in [1.54, 1.807) is 6.07 Å². The van der Waals surface area contributed by atoms with Crippen LogP contribution in [0.25, 0.3) is 0 Å². The van der Waals surface area contributed by atoms with Crippen molar-refractivity contribution in [1.82, 2.24) is 15.2 Å². The van der Waals surface area contributed by atoms with Crippen molar-refractivity contribution in [3.8, 4) is 5.75 Å². The summed E-state index contributed by atoms with van der Waals surface area (Å²) in [7, 11) is 0. The first kappa shape index (κ1) is 18.4. The van der Waals surface area contributed by atoms with Crippen molar-refractivity contribution in [3.63, 3.8) is 0 Å². The molecule has 1 heterocycles. The normalized spacial score (nSPS) is 11.2. The van der Waals surface area contributed by atoms with Crippen molar-refractivity contribution in [2.75, 3.05) is 19.7 Å². The van der Waals surface area contributed by atoms with Gasteiger partial charge in [0, 0.05) is 32.0 Å². The van der Waals surface area contributed by atoms with Gasteiger partial charge in [0.1, 0.15) is 5.75 Å². The third-order valence-corrected chi connectivity index (χ3v) is 3.37. The Kier molecular flexibility index (Phi) is 7.37. The molecule has 0 saturated heterocycles. The van der Waals surface area contributed by atoms with Crippen LogP contribution in [-0.4, -0.2) is 36.1 Å². The van der Waals surface area contributed by atoms with Gasteiger partial charge in [0.25, 0.3) is 5.91 Å². The molecule has 0 aliphatic rings. The molecule has 0 bridgehead atoms. The molecule has 1 aromatic heterocycles. The van der Waals surface area contributed by atoms with E-state index in [0.29, 0.717) is 12.3 Å². The predicted octanol–water partition coefficient (Wildman–Crippen LogP) is 1.11. The van der Waals surface area contributed by atoms with E-state index in [1.165, 1.54) is 0 Å². The largest absolute Gasteiger partial charge is 0.484 e. The van der Waals surface area contributed by atoms with Gasteiger partial charge in [-0.2, -0.15) is 0 Å². The van der Waals surface area contributed by atoms with Crippen LogP contribution >= 0.6 is 0 Å². The number of hydrogen-bond donors (Lipinski definition) is 3. The molecule has 0 aliphatic heterocycles. The van der Waals surface area contributed by atoms with Gasteiger partial charge >= 0.3 is 0 Å². The lowest BCUT2D eigenvalue weighted by Crippen LogP contribution is -2.38. The van der Waals surface area contributed by atoms with Crippen molar-refractivity contribution >= 4 is 11.9 Å². The first-order chi connectivity index (χ1) is 12.2. The number of hydrogen-bond acceptors (Lipinski definition) is 3. The third-order valence-electron chi connectivity index (χ3n) is 3.37. The summed E-state index contributed by atoms with van der Waals surface area (Å²) in [4.78, 5) is 15.4. The number of carbonyl (C=O) groups excluding carboxylic acids is 1. The number of benzene rings is 1.